The molecule has 19 heavy (non-hydrogen) atoms. The summed E-state index contributed by atoms with van der Waals surface area (Å²) in [4.78, 5) is 15.4. The fourth-order valence-electron chi connectivity index (χ4n) is 1.88. The van der Waals surface area contributed by atoms with E-state index in [1.165, 1.54) is 4.88 Å². The van der Waals surface area contributed by atoms with Crippen molar-refractivity contribution in [3.05, 3.63) is 29.3 Å². The molecule has 2 N–H and O–H groups in total. The average Bonchev–Trinajstić information content (AvgIpc) is 3.09. The van der Waals surface area contributed by atoms with E-state index in [2.05, 4.69) is 45.9 Å². The molecular weight excluding hydrogens is 258 g/mol. The van der Waals surface area contributed by atoms with E-state index in [4.69, 9.17) is 0 Å². The fraction of sp³-hybridized carbons (Fsp3) is 0.538. The Balaban J connectivity index is 1.90. The molecule has 2 rings (SSSR count). The fourth-order valence-corrected chi connectivity index (χ4v) is 2.87. The number of H-pyrrole nitrogens is 1. The molecule has 6 heteroatoms. The van der Waals surface area contributed by atoms with Gasteiger partial charge in [-0.05, 0) is 20.8 Å². The summed E-state index contributed by atoms with van der Waals surface area (Å²) in [6, 6.07) is 0.217. The zero-order chi connectivity index (χ0) is 13.7. The maximum absolute atomic E-state index is 4.48. The number of thiazole rings is 1. The van der Waals surface area contributed by atoms with Crippen LogP contribution in [0.4, 0.5) is 5.13 Å². The van der Waals surface area contributed by atoms with Gasteiger partial charge in [0.1, 0.15) is 5.82 Å². The number of nitrogens with zero attached hydrogens (tertiary/aromatic N) is 3. The lowest BCUT2D eigenvalue weighted by molar-refractivity contribution is 0.554. The summed E-state index contributed by atoms with van der Waals surface area (Å²) in [5.41, 5.74) is 0. The Morgan fingerprint density at radius 3 is 2.79 bits per heavy atom. The Morgan fingerprint density at radius 1 is 1.37 bits per heavy atom. The van der Waals surface area contributed by atoms with Gasteiger partial charge in [0.2, 0.25) is 0 Å². The summed E-state index contributed by atoms with van der Waals surface area (Å²) in [7, 11) is 0. The second-order valence-electron chi connectivity index (χ2n) is 4.36. The third-order valence-electron chi connectivity index (χ3n) is 3.09. The molecule has 0 saturated carbocycles. The minimum Gasteiger partial charge on any atom is -0.349 e. The number of nitrogens with one attached hydrogen (secondary N) is 2. The maximum Gasteiger partial charge on any atom is 0.185 e. The van der Waals surface area contributed by atoms with Crippen LogP contribution in [0.15, 0.2) is 18.6 Å². The third kappa shape index (κ3) is 3.54. The van der Waals surface area contributed by atoms with E-state index in [9.17, 15) is 0 Å². The summed E-state index contributed by atoms with van der Waals surface area (Å²) >= 11 is 1.75. The van der Waals surface area contributed by atoms with Gasteiger partial charge in [-0.3, -0.25) is 0 Å². The second-order valence-corrected chi connectivity index (χ2v) is 5.45. The van der Waals surface area contributed by atoms with Crippen molar-refractivity contribution in [2.24, 2.45) is 0 Å². The first-order valence-electron chi connectivity index (χ1n) is 6.66. The Hall–Kier alpha value is -1.40. The van der Waals surface area contributed by atoms with Crippen molar-refractivity contribution in [2.75, 3.05) is 18.0 Å². The van der Waals surface area contributed by atoms with Crippen LogP contribution in [0.5, 0.6) is 0 Å². The molecule has 2 aromatic heterocycles. The monoisotopic (exact) mass is 279 g/mol. The minimum absolute atomic E-state index is 0.217. The van der Waals surface area contributed by atoms with Crippen LogP contribution in [0.2, 0.25) is 0 Å². The second kappa shape index (κ2) is 6.68. The predicted octanol–water partition coefficient (Wildman–Crippen LogP) is 2.56. The van der Waals surface area contributed by atoms with Gasteiger partial charge in [-0.25, -0.2) is 9.97 Å². The van der Waals surface area contributed by atoms with Crippen molar-refractivity contribution in [2.45, 2.75) is 33.4 Å². The van der Waals surface area contributed by atoms with Gasteiger partial charge < -0.3 is 15.2 Å². The SMILES string of the molecule is CCN(CC)c1ncc(CNC(C)c2ncc[nH]2)s1. The van der Waals surface area contributed by atoms with Crippen LogP contribution in [0.1, 0.15) is 37.5 Å². The highest BCUT2D eigenvalue weighted by molar-refractivity contribution is 7.15. The summed E-state index contributed by atoms with van der Waals surface area (Å²) < 4.78 is 0. The first-order chi connectivity index (χ1) is 9.24. The molecule has 0 aromatic carbocycles. The summed E-state index contributed by atoms with van der Waals surface area (Å²) in [5, 5.41) is 4.55. The number of anilines is 1. The van der Waals surface area contributed by atoms with E-state index in [1.54, 1.807) is 17.5 Å². The molecule has 0 spiro atoms. The van der Waals surface area contributed by atoms with E-state index in [0.717, 1.165) is 30.6 Å². The molecule has 0 bridgehead atoms. The first-order valence-corrected chi connectivity index (χ1v) is 7.48. The number of hydrogen-bond donors (Lipinski definition) is 2. The van der Waals surface area contributed by atoms with E-state index in [0.29, 0.717) is 0 Å². The van der Waals surface area contributed by atoms with Crippen molar-refractivity contribution in [3.8, 4) is 0 Å². The van der Waals surface area contributed by atoms with Crippen molar-refractivity contribution >= 4 is 16.5 Å². The molecule has 1 unspecified atom stereocenters. The van der Waals surface area contributed by atoms with Gasteiger partial charge in [0.15, 0.2) is 5.13 Å². The van der Waals surface area contributed by atoms with Crippen molar-refractivity contribution in [1.82, 2.24) is 20.3 Å². The van der Waals surface area contributed by atoms with Crippen molar-refractivity contribution in [3.63, 3.8) is 0 Å². The molecule has 0 aliphatic heterocycles. The van der Waals surface area contributed by atoms with Crippen LogP contribution in [0.25, 0.3) is 0 Å². The highest BCUT2D eigenvalue weighted by Crippen LogP contribution is 2.22. The zero-order valence-electron chi connectivity index (χ0n) is 11.7. The quantitative estimate of drug-likeness (QED) is 0.818. The molecule has 0 radical (unpaired) electrons. The Bertz CT molecular complexity index is 475. The lowest BCUT2D eigenvalue weighted by atomic mass is 10.3. The van der Waals surface area contributed by atoms with E-state index < -0.39 is 0 Å². The normalized spacial score (nSPS) is 12.6. The lowest BCUT2D eigenvalue weighted by Crippen LogP contribution is -2.21. The van der Waals surface area contributed by atoms with Crippen molar-refractivity contribution < 1.29 is 0 Å². The molecule has 0 saturated heterocycles. The number of imidazole rings is 1. The van der Waals surface area contributed by atoms with Crippen LogP contribution < -0.4 is 10.2 Å². The van der Waals surface area contributed by atoms with E-state index >= 15 is 0 Å². The molecule has 1 atom stereocenters. The van der Waals surface area contributed by atoms with Crippen LogP contribution in [-0.2, 0) is 6.54 Å². The molecule has 0 aliphatic carbocycles. The highest BCUT2D eigenvalue weighted by Gasteiger charge is 2.10. The standard InChI is InChI=1S/C13H21N5S/c1-4-18(5-2)13-17-9-11(19-13)8-16-10(3)12-14-6-7-15-12/h6-7,9-10,16H,4-5,8H2,1-3H3,(H,14,15). The van der Waals surface area contributed by atoms with Crippen molar-refractivity contribution in [1.29, 1.82) is 0 Å². The number of aromatic nitrogens is 3. The summed E-state index contributed by atoms with van der Waals surface area (Å²) in [6.45, 7) is 9.23. The summed E-state index contributed by atoms with van der Waals surface area (Å²) in [5.74, 6) is 0.966. The molecule has 2 heterocycles. The Kier molecular flexibility index (Phi) is 4.93. The molecule has 2 aromatic rings. The maximum atomic E-state index is 4.48. The van der Waals surface area contributed by atoms with Gasteiger partial charge in [-0.1, -0.05) is 0 Å². The van der Waals surface area contributed by atoms with Gasteiger partial charge in [-0.15, -0.1) is 11.3 Å². The van der Waals surface area contributed by atoms with Crippen LogP contribution in [0, 0.1) is 0 Å². The third-order valence-corrected chi connectivity index (χ3v) is 4.15. The van der Waals surface area contributed by atoms with Crippen LogP contribution in [-0.4, -0.2) is 28.0 Å². The smallest absolute Gasteiger partial charge is 0.185 e. The molecule has 0 amide bonds. The van der Waals surface area contributed by atoms with Gasteiger partial charge >= 0.3 is 0 Å². The number of hydrogen-bond acceptors (Lipinski definition) is 5. The number of aromatic amines is 1. The van der Waals surface area contributed by atoms with Gasteiger partial charge in [-0.2, -0.15) is 0 Å². The molecule has 0 aliphatic rings. The van der Waals surface area contributed by atoms with Gasteiger partial charge in [0.25, 0.3) is 0 Å². The Morgan fingerprint density at radius 2 is 2.16 bits per heavy atom. The van der Waals surface area contributed by atoms with E-state index in [-0.39, 0.29) is 6.04 Å². The van der Waals surface area contributed by atoms with Crippen LogP contribution >= 0.6 is 11.3 Å². The average molecular weight is 279 g/mol. The number of rotatable bonds is 7. The molecule has 104 valence electrons. The Labute approximate surface area is 118 Å². The van der Waals surface area contributed by atoms with Gasteiger partial charge in [0, 0.05) is 43.1 Å². The van der Waals surface area contributed by atoms with Crippen LogP contribution in [0.3, 0.4) is 0 Å². The topological polar surface area (TPSA) is 56.8 Å². The molecule has 5 nitrogen and oxygen atoms in total. The largest absolute Gasteiger partial charge is 0.349 e. The predicted molar refractivity (Wildman–Crippen MR) is 79.5 cm³/mol. The van der Waals surface area contributed by atoms with E-state index in [1.807, 2.05) is 12.4 Å². The zero-order valence-corrected chi connectivity index (χ0v) is 12.5. The minimum atomic E-state index is 0.217. The molecular formula is C13H21N5S. The molecule has 0 fully saturated rings. The lowest BCUT2D eigenvalue weighted by Gasteiger charge is -2.16. The summed E-state index contributed by atoms with van der Waals surface area (Å²) in [6.07, 6.45) is 5.58. The van der Waals surface area contributed by atoms with Gasteiger partial charge in [0.05, 0.1) is 6.04 Å². The highest BCUT2D eigenvalue weighted by atomic mass is 32.1. The first kappa shape index (κ1) is 14.0.